The smallest absolute Gasteiger partial charge is 0.412 e. The van der Waals surface area contributed by atoms with Crippen LogP contribution in [0.2, 0.25) is 0 Å². The molecule has 2 aliphatic rings. The second kappa shape index (κ2) is 6.36. The Bertz CT molecular complexity index is 398. The van der Waals surface area contributed by atoms with E-state index in [1.165, 1.54) is 19.3 Å². The molecule has 1 N–H and O–H groups in total. The molecule has 0 bridgehead atoms. The summed E-state index contributed by atoms with van der Waals surface area (Å²) >= 11 is 0. The van der Waals surface area contributed by atoms with Crippen LogP contribution >= 0.6 is 0 Å². The highest BCUT2D eigenvalue weighted by molar-refractivity contribution is 5.69. The van der Waals surface area contributed by atoms with Gasteiger partial charge in [-0.1, -0.05) is 19.3 Å². The van der Waals surface area contributed by atoms with E-state index in [4.69, 9.17) is 9.47 Å². The number of hydrogen-bond acceptors (Lipinski definition) is 4. The summed E-state index contributed by atoms with van der Waals surface area (Å²) in [6, 6.07) is -0.0118. The van der Waals surface area contributed by atoms with Gasteiger partial charge in [-0.25, -0.2) is 4.79 Å². The second-order valence-electron chi connectivity index (χ2n) is 8.04. The van der Waals surface area contributed by atoms with E-state index in [0.29, 0.717) is 18.9 Å². The van der Waals surface area contributed by atoms with Gasteiger partial charge in [0.05, 0.1) is 12.6 Å². The molecule has 0 unspecified atom stereocenters. The van der Waals surface area contributed by atoms with E-state index in [-0.39, 0.29) is 24.7 Å². The van der Waals surface area contributed by atoms with E-state index >= 15 is 0 Å². The predicted octanol–water partition coefficient (Wildman–Crippen LogP) is 3.16. The van der Waals surface area contributed by atoms with Crippen molar-refractivity contribution in [2.45, 2.75) is 77.7 Å². The molecule has 1 aliphatic carbocycles. The molecule has 0 spiro atoms. The molecule has 1 aliphatic heterocycles. The monoisotopic (exact) mass is 313 g/mol. The summed E-state index contributed by atoms with van der Waals surface area (Å²) in [4.78, 5) is 14.4. The van der Waals surface area contributed by atoms with E-state index in [1.807, 2.05) is 34.6 Å². The Morgan fingerprint density at radius 3 is 2.50 bits per heavy atom. The molecule has 0 aromatic heterocycles. The van der Waals surface area contributed by atoms with Crippen LogP contribution in [0.15, 0.2) is 0 Å². The number of amides is 1. The van der Waals surface area contributed by atoms with E-state index in [9.17, 15) is 9.90 Å². The van der Waals surface area contributed by atoms with Crippen LogP contribution in [0.5, 0.6) is 0 Å². The summed E-state index contributed by atoms with van der Waals surface area (Å²) in [5.74, 6) is 0.868. The van der Waals surface area contributed by atoms with Crippen molar-refractivity contribution in [3.05, 3.63) is 0 Å². The largest absolute Gasteiger partial charge is 0.444 e. The summed E-state index contributed by atoms with van der Waals surface area (Å²) in [6.45, 7) is 10.1. The molecule has 22 heavy (non-hydrogen) atoms. The Morgan fingerprint density at radius 1 is 1.41 bits per heavy atom. The first-order valence-corrected chi connectivity index (χ1v) is 8.43. The van der Waals surface area contributed by atoms with Crippen molar-refractivity contribution < 1.29 is 19.4 Å². The third kappa shape index (κ3) is 3.74. The molecule has 2 fully saturated rings. The third-order valence-electron chi connectivity index (χ3n) is 4.82. The Hall–Kier alpha value is -0.810. The minimum atomic E-state index is -0.662. The zero-order valence-corrected chi connectivity index (χ0v) is 14.6. The second-order valence-corrected chi connectivity index (χ2v) is 8.04. The van der Waals surface area contributed by atoms with E-state index in [1.54, 1.807) is 4.90 Å². The summed E-state index contributed by atoms with van der Waals surface area (Å²) in [5.41, 5.74) is -1.19. The molecule has 0 radical (unpaired) electrons. The summed E-state index contributed by atoms with van der Waals surface area (Å²) in [6.07, 6.45) is 4.01. The molecule has 128 valence electrons. The zero-order valence-electron chi connectivity index (χ0n) is 14.6. The van der Waals surface area contributed by atoms with Crippen LogP contribution in [0.25, 0.3) is 0 Å². The lowest BCUT2D eigenvalue weighted by Crippen LogP contribution is -2.53. The number of carbonyl (C=O) groups excluding carboxylic acids is 1. The third-order valence-corrected chi connectivity index (χ3v) is 4.82. The highest BCUT2D eigenvalue weighted by atomic mass is 16.6. The molecule has 1 saturated carbocycles. The maximum absolute atomic E-state index is 12.7. The Balaban J connectivity index is 2.18. The number of hydrogen-bond donors (Lipinski definition) is 1. The Morgan fingerprint density at radius 2 is 2.05 bits per heavy atom. The van der Waals surface area contributed by atoms with Crippen LogP contribution in [0.1, 0.15) is 60.3 Å². The van der Waals surface area contributed by atoms with Crippen molar-refractivity contribution in [1.29, 1.82) is 0 Å². The van der Waals surface area contributed by atoms with Gasteiger partial charge in [0, 0.05) is 6.61 Å². The van der Waals surface area contributed by atoms with E-state index in [0.717, 1.165) is 0 Å². The lowest BCUT2D eigenvalue weighted by Gasteiger charge is -2.42. The van der Waals surface area contributed by atoms with Crippen molar-refractivity contribution >= 4 is 6.09 Å². The van der Waals surface area contributed by atoms with Gasteiger partial charge in [-0.2, -0.15) is 0 Å². The van der Waals surface area contributed by atoms with E-state index < -0.39 is 11.3 Å². The Kier molecular flexibility index (Phi) is 5.07. The van der Waals surface area contributed by atoms with Crippen molar-refractivity contribution in [1.82, 2.24) is 4.90 Å². The van der Waals surface area contributed by atoms with Gasteiger partial charge in [0.25, 0.3) is 0 Å². The number of carbonyl (C=O) groups is 1. The van der Waals surface area contributed by atoms with Crippen molar-refractivity contribution in [2.24, 2.45) is 11.8 Å². The number of aliphatic hydroxyl groups excluding tert-OH is 1. The van der Waals surface area contributed by atoms with Gasteiger partial charge in [-0.3, -0.25) is 4.90 Å². The highest BCUT2D eigenvalue weighted by Gasteiger charge is 2.50. The van der Waals surface area contributed by atoms with Gasteiger partial charge in [-0.05, 0) is 52.9 Å². The number of ether oxygens (including phenoxy) is 2. The van der Waals surface area contributed by atoms with Crippen LogP contribution in [0, 0.1) is 11.8 Å². The van der Waals surface area contributed by atoms with Crippen LogP contribution in [-0.2, 0) is 9.47 Å². The molecule has 5 heteroatoms. The minimum absolute atomic E-state index is 0.0118. The lowest BCUT2D eigenvalue weighted by molar-refractivity contribution is -0.0670. The molecule has 1 amide bonds. The van der Waals surface area contributed by atoms with Crippen molar-refractivity contribution in [2.75, 3.05) is 13.2 Å². The summed E-state index contributed by atoms with van der Waals surface area (Å²) < 4.78 is 11.5. The fourth-order valence-corrected chi connectivity index (χ4v) is 3.57. The van der Waals surface area contributed by atoms with E-state index in [2.05, 4.69) is 0 Å². The van der Waals surface area contributed by atoms with Crippen molar-refractivity contribution in [3.8, 4) is 0 Å². The maximum Gasteiger partial charge on any atom is 0.412 e. The first-order chi connectivity index (χ1) is 10.2. The lowest BCUT2D eigenvalue weighted by atomic mass is 9.71. The van der Waals surface area contributed by atoms with Gasteiger partial charge in [-0.15, -0.1) is 0 Å². The fraction of sp³-hybridized carbons (Fsp3) is 0.941. The number of aliphatic hydroxyl groups is 1. The first kappa shape index (κ1) is 17.5. The summed E-state index contributed by atoms with van der Waals surface area (Å²) in [5, 5.41) is 9.43. The highest BCUT2D eigenvalue weighted by Crippen LogP contribution is 2.42. The average molecular weight is 313 g/mol. The van der Waals surface area contributed by atoms with Crippen LogP contribution < -0.4 is 0 Å². The van der Waals surface area contributed by atoms with Crippen LogP contribution in [-0.4, -0.2) is 46.7 Å². The molecule has 5 nitrogen and oxygen atoms in total. The van der Waals surface area contributed by atoms with Crippen LogP contribution in [0.3, 0.4) is 0 Å². The predicted molar refractivity (Wildman–Crippen MR) is 84.4 cm³/mol. The molecular weight excluding hydrogens is 282 g/mol. The van der Waals surface area contributed by atoms with Crippen LogP contribution in [0.4, 0.5) is 4.79 Å². The van der Waals surface area contributed by atoms with Gasteiger partial charge in [0.15, 0.2) is 0 Å². The number of rotatable bonds is 4. The SMILES string of the molecule is CC(C)(C)OC(=O)N1[C@H]([C@@H](CCO)C2CCC2)COC1(C)C. The molecule has 1 saturated heterocycles. The molecule has 2 atom stereocenters. The average Bonchev–Trinajstić information content (AvgIpc) is 2.59. The molecule has 1 heterocycles. The minimum Gasteiger partial charge on any atom is -0.444 e. The summed E-state index contributed by atoms with van der Waals surface area (Å²) in [7, 11) is 0. The molecule has 0 aromatic rings. The normalized spacial score (nSPS) is 26.6. The quantitative estimate of drug-likeness (QED) is 0.866. The fourth-order valence-electron chi connectivity index (χ4n) is 3.57. The maximum atomic E-state index is 12.7. The Labute approximate surface area is 134 Å². The van der Waals surface area contributed by atoms with Gasteiger partial charge >= 0.3 is 6.09 Å². The standard InChI is InChI=1S/C17H31NO4/c1-16(2,3)22-15(20)18-14(11-21-17(18,4)5)13(9-10-19)12-7-6-8-12/h12-14,19H,6-11H2,1-5H3/t13-,14-/m0/s1. The topological polar surface area (TPSA) is 59.0 Å². The zero-order chi connectivity index (χ0) is 16.5. The number of nitrogens with zero attached hydrogens (tertiary/aromatic N) is 1. The van der Waals surface area contributed by atoms with Crippen molar-refractivity contribution in [3.63, 3.8) is 0 Å². The molecule has 2 rings (SSSR count). The van der Waals surface area contributed by atoms with Gasteiger partial charge < -0.3 is 14.6 Å². The molecule has 0 aromatic carbocycles. The van der Waals surface area contributed by atoms with Gasteiger partial charge in [0.1, 0.15) is 11.3 Å². The van der Waals surface area contributed by atoms with Gasteiger partial charge in [0.2, 0.25) is 0 Å². The first-order valence-electron chi connectivity index (χ1n) is 8.43. The molecular formula is C17H31NO4.